The zero-order valence-corrected chi connectivity index (χ0v) is 17.1. The molecule has 160 valence electrons. The van der Waals surface area contributed by atoms with Gasteiger partial charge in [-0.05, 0) is 42.6 Å². The van der Waals surface area contributed by atoms with Gasteiger partial charge in [-0.25, -0.2) is 0 Å². The molecule has 3 fully saturated rings. The van der Waals surface area contributed by atoms with Crippen molar-refractivity contribution in [1.29, 1.82) is 0 Å². The molecule has 5 rings (SSSR count). The Bertz CT molecular complexity index is 1050. The van der Waals surface area contributed by atoms with Crippen LogP contribution in [0.3, 0.4) is 0 Å². The quantitative estimate of drug-likeness (QED) is 0.573. The molecule has 1 aliphatic heterocycles. The van der Waals surface area contributed by atoms with Gasteiger partial charge in [-0.2, -0.15) is 0 Å². The van der Waals surface area contributed by atoms with Crippen LogP contribution in [0.1, 0.15) is 25.7 Å². The van der Waals surface area contributed by atoms with Crippen LogP contribution in [0.4, 0.5) is 5.69 Å². The SMILES string of the molecule is O=C(COC(=O)CCN1C(=O)[C@@H]2[C@H]3CC[C@@H](C3)[C@H]2C1=O)Nc1cccc2ccccc12. The maximum absolute atomic E-state index is 12.7. The molecule has 1 N–H and O–H groups in total. The zero-order chi connectivity index (χ0) is 21.5. The van der Waals surface area contributed by atoms with E-state index in [2.05, 4.69) is 5.32 Å². The predicted octanol–water partition coefficient (Wildman–Crippen LogP) is 2.74. The Morgan fingerprint density at radius 3 is 2.39 bits per heavy atom. The molecule has 2 saturated carbocycles. The van der Waals surface area contributed by atoms with E-state index in [0.29, 0.717) is 17.5 Å². The summed E-state index contributed by atoms with van der Waals surface area (Å²) in [6.07, 6.45) is 2.92. The highest BCUT2D eigenvalue weighted by molar-refractivity contribution is 6.06. The molecule has 31 heavy (non-hydrogen) atoms. The number of imide groups is 1. The number of benzene rings is 2. The number of fused-ring (bicyclic) bond motifs is 6. The number of nitrogens with one attached hydrogen (secondary N) is 1. The van der Waals surface area contributed by atoms with Crippen LogP contribution < -0.4 is 5.32 Å². The first-order valence-corrected chi connectivity index (χ1v) is 10.8. The summed E-state index contributed by atoms with van der Waals surface area (Å²) in [5.41, 5.74) is 0.647. The van der Waals surface area contributed by atoms with Crippen molar-refractivity contribution in [3.63, 3.8) is 0 Å². The Morgan fingerprint density at radius 1 is 0.968 bits per heavy atom. The standard InChI is InChI=1S/C24H24N2O5/c27-19(25-18-7-3-5-14-4-1-2-6-17(14)18)13-31-20(28)10-11-26-23(29)21-15-8-9-16(12-15)22(21)24(26)30/h1-7,15-16,21-22H,8-13H2,(H,25,27)/t15-,16-,21+,22+/m0/s1. The first-order valence-electron chi connectivity index (χ1n) is 10.8. The van der Waals surface area contributed by atoms with Gasteiger partial charge in [0.2, 0.25) is 11.8 Å². The summed E-state index contributed by atoms with van der Waals surface area (Å²) in [6, 6.07) is 13.2. The average Bonchev–Trinajstić information content (AvgIpc) is 3.45. The number of carbonyl (C=O) groups is 4. The van der Waals surface area contributed by atoms with Gasteiger partial charge in [0.1, 0.15) is 0 Å². The number of hydrogen-bond donors (Lipinski definition) is 1. The summed E-state index contributed by atoms with van der Waals surface area (Å²) >= 11 is 0. The number of esters is 1. The molecule has 2 aromatic rings. The number of anilines is 1. The van der Waals surface area contributed by atoms with Crippen LogP contribution >= 0.6 is 0 Å². The van der Waals surface area contributed by atoms with Crippen molar-refractivity contribution in [1.82, 2.24) is 4.90 Å². The molecule has 3 amide bonds. The zero-order valence-electron chi connectivity index (χ0n) is 17.1. The summed E-state index contributed by atoms with van der Waals surface area (Å²) in [7, 11) is 0. The first kappa shape index (κ1) is 19.7. The van der Waals surface area contributed by atoms with Crippen LogP contribution in [0.2, 0.25) is 0 Å². The normalized spacial score (nSPS) is 26.4. The first-order chi connectivity index (χ1) is 15.0. The Hall–Kier alpha value is -3.22. The number of likely N-dealkylation sites (tertiary alicyclic amines) is 1. The van der Waals surface area contributed by atoms with E-state index in [-0.39, 0.29) is 36.6 Å². The summed E-state index contributed by atoms with van der Waals surface area (Å²) in [6.45, 7) is -0.396. The number of ether oxygens (including phenoxy) is 1. The second kappa shape index (κ2) is 7.80. The second-order valence-corrected chi connectivity index (χ2v) is 8.70. The van der Waals surface area contributed by atoms with Crippen LogP contribution in [0, 0.1) is 23.7 Å². The smallest absolute Gasteiger partial charge is 0.308 e. The Labute approximate surface area is 179 Å². The largest absolute Gasteiger partial charge is 0.456 e. The van der Waals surface area contributed by atoms with Gasteiger partial charge in [-0.1, -0.05) is 36.4 Å². The molecular weight excluding hydrogens is 396 g/mol. The molecular formula is C24H24N2O5. The lowest BCUT2D eigenvalue weighted by Crippen LogP contribution is -2.35. The maximum atomic E-state index is 12.7. The topological polar surface area (TPSA) is 92.8 Å². The third kappa shape index (κ3) is 3.48. The Balaban J connectivity index is 1.12. The van der Waals surface area contributed by atoms with E-state index < -0.39 is 18.5 Å². The number of carbonyl (C=O) groups excluding carboxylic acids is 4. The van der Waals surface area contributed by atoms with Crippen LogP contribution in [0.5, 0.6) is 0 Å². The summed E-state index contributed by atoms with van der Waals surface area (Å²) in [5.74, 6) is -1.05. The number of amides is 3. The summed E-state index contributed by atoms with van der Waals surface area (Å²) < 4.78 is 5.07. The molecule has 3 aliphatic rings. The van der Waals surface area contributed by atoms with Gasteiger partial charge in [0.15, 0.2) is 6.61 Å². The molecule has 1 saturated heterocycles. The molecule has 0 spiro atoms. The van der Waals surface area contributed by atoms with Gasteiger partial charge in [-0.15, -0.1) is 0 Å². The third-order valence-electron chi connectivity index (χ3n) is 6.99. The van der Waals surface area contributed by atoms with E-state index in [1.807, 2.05) is 36.4 Å². The van der Waals surface area contributed by atoms with Gasteiger partial charge < -0.3 is 10.1 Å². The van der Waals surface area contributed by atoms with Gasteiger partial charge in [-0.3, -0.25) is 24.1 Å². The fourth-order valence-corrected chi connectivity index (χ4v) is 5.63. The minimum atomic E-state index is -0.603. The number of rotatable bonds is 6. The van der Waals surface area contributed by atoms with Gasteiger partial charge >= 0.3 is 5.97 Å². The van der Waals surface area contributed by atoms with Crippen molar-refractivity contribution in [2.24, 2.45) is 23.7 Å². The van der Waals surface area contributed by atoms with Crippen molar-refractivity contribution in [3.8, 4) is 0 Å². The molecule has 0 unspecified atom stereocenters. The van der Waals surface area contributed by atoms with E-state index in [1.165, 1.54) is 4.90 Å². The van der Waals surface area contributed by atoms with Crippen LogP contribution in [-0.2, 0) is 23.9 Å². The highest BCUT2D eigenvalue weighted by Gasteiger charge is 2.60. The highest BCUT2D eigenvalue weighted by atomic mass is 16.5. The van der Waals surface area contributed by atoms with Gasteiger partial charge in [0, 0.05) is 17.6 Å². The molecule has 0 aromatic heterocycles. The highest BCUT2D eigenvalue weighted by Crippen LogP contribution is 2.56. The lowest BCUT2D eigenvalue weighted by atomic mass is 9.81. The Morgan fingerprint density at radius 2 is 1.65 bits per heavy atom. The van der Waals surface area contributed by atoms with Crippen molar-refractivity contribution < 1.29 is 23.9 Å². The average molecular weight is 420 g/mol. The molecule has 2 aliphatic carbocycles. The summed E-state index contributed by atoms with van der Waals surface area (Å²) in [4.78, 5) is 50.9. The third-order valence-corrected chi connectivity index (χ3v) is 6.99. The lowest BCUT2D eigenvalue weighted by Gasteiger charge is -2.19. The number of nitrogens with zero attached hydrogens (tertiary/aromatic N) is 1. The monoisotopic (exact) mass is 420 g/mol. The van der Waals surface area contributed by atoms with Crippen LogP contribution in [-0.4, -0.2) is 41.7 Å². The van der Waals surface area contributed by atoms with Crippen molar-refractivity contribution in [3.05, 3.63) is 42.5 Å². The van der Waals surface area contributed by atoms with Crippen molar-refractivity contribution >= 4 is 40.2 Å². The minimum absolute atomic E-state index is 0.0217. The molecule has 4 atom stereocenters. The van der Waals surface area contributed by atoms with E-state index in [0.717, 1.165) is 30.0 Å². The van der Waals surface area contributed by atoms with Crippen LogP contribution in [0.25, 0.3) is 10.8 Å². The van der Waals surface area contributed by atoms with E-state index in [4.69, 9.17) is 4.74 Å². The molecule has 7 heteroatoms. The minimum Gasteiger partial charge on any atom is -0.456 e. The second-order valence-electron chi connectivity index (χ2n) is 8.70. The predicted molar refractivity (Wildman–Crippen MR) is 113 cm³/mol. The van der Waals surface area contributed by atoms with E-state index in [9.17, 15) is 19.2 Å². The fourth-order valence-electron chi connectivity index (χ4n) is 5.63. The molecule has 1 heterocycles. The van der Waals surface area contributed by atoms with E-state index >= 15 is 0 Å². The van der Waals surface area contributed by atoms with Crippen LogP contribution in [0.15, 0.2) is 42.5 Å². The van der Waals surface area contributed by atoms with Crippen molar-refractivity contribution in [2.45, 2.75) is 25.7 Å². The van der Waals surface area contributed by atoms with Gasteiger partial charge in [0.05, 0.1) is 18.3 Å². The van der Waals surface area contributed by atoms with Crippen molar-refractivity contribution in [2.75, 3.05) is 18.5 Å². The molecule has 7 nitrogen and oxygen atoms in total. The lowest BCUT2D eigenvalue weighted by molar-refractivity contribution is -0.149. The number of hydrogen-bond acceptors (Lipinski definition) is 5. The Kier molecular flexibility index (Phi) is 4.96. The molecule has 0 radical (unpaired) electrons. The maximum Gasteiger partial charge on any atom is 0.308 e. The van der Waals surface area contributed by atoms with E-state index in [1.54, 1.807) is 6.07 Å². The molecule has 2 bridgehead atoms. The fraction of sp³-hybridized carbons (Fsp3) is 0.417. The molecule has 2 aromatic carbocycles. The summed E-state index contributed by atoms with van der Waals surface area (Å²) in [5, 5.41) is 4.65. The van der Waals surface area contributed by atoms with Gasteiger partial charge in [0.25, 0.3) is 5.91 Å².